The Balaban J connectivity index is 1.51. The molecular weight excluding hydrogens is 306 g/mol. The summed E-state index contributed by atoms with van der Waals surface area (Å²) >= 11 is 0. The molecule has 0 radical (unpaired) electrons. The summed E-state index contributed by atoms with van der Waals surface area (Å²) < 4.78 is 0. The Morgan fingerprint density at radius 3 is 2.64 bits per heavy atom. The van der Waals surface area contributed by atoms with Gasteiger partial charge in [0.2, 0.25) is 0 Å². The number of aromatic nitrogens is 2. The van der Waals surface area contributed by atoms with E-state index >= 15 is 0 Å². The van der Waals surface area contributed by atoms with E-state index in [4.69, 9.17) is 4.98 Å². The molecule has 3 heteroatoms. The van der Waals surface area contributed by atoms with Crippen molar-refractivity contribution in [3.8, 4) is 11.4 Å². The molecule has 3 aromatic rings. The third-order valence-electron chi connectivity index (χ3n) is 5.02. The Morgan fingerprint density at radius 1 is 1.00 bits per heavy atom. The first-order valence-electron chi connectivity index (χ1n) is 8.88. The summed E-state index contributed by atoms with van der Waals surface area (Å²) in [6, 6.07) is 17.0. The molecule has 0 spiro atoms. The maximum absolute atomic E-state index is 4.81. The molecule has 1 aliphatic rings. The highest BCUT2D eigenvalue weighted by molar-refractivity contribution is 5.54. The van der Waals surface area contributed by atoms with Crippen LogP contribution in [-0.4, -0.2) is 21.4 Å². The van der Waals surface area contributed by atoms with Crippen LogP contribution >= 0.6 is 0 Å². The number of hydrogen-bond donors (Lipinski definition) is 0. The van der Waals surface area contributed by atoms with Gasteiger partial charge in [-0.05, 0) is 30.5 Å². The van der Waals surface area contributed by atoms with E-state index in [0.29, 0.717) is 0 Å². The van der Waals surface area contributed by atoms with Crippen LogP contribution in [0.25, 0.3) is 11.4 Å². The largest absolute Gasteiger partial charge is 0.294 e. The van der Waals surface area contributed by atoms with E-state index < -0.39 is 0 Å². The van der Waals surface area contributed by atoms with Crippen LogP contribution in [0.1, 0.15) is 27.9 Å². The van der Waals surface area contributed by atoms with E-state index in [1.807, 2.05) is 24.4 Å². The highest BCUT2D eigenvalue weighted by Gasteiger charge is 2.19. The van der Waals surface area contributed by atoms with E-state index in [1.54, 1.807) is 0 Å². The molecule has 2 aromatic carbocycles. The lowest BCUT2D eigenvalue weighted by molar-refractivity contribution is 0.243. The van der Waals surface area contributed by atoms with E-state index in [9.17, 15) is 0 Å². The van der Waals surface area contributed by atoms with Crippen LogP contribution in [0.5, 0.6) is 0 Å². The Kier molecular flexibility index (Phi) is 4.33. The van der Waals surface area contributed by atoms with Gasteiger partial charge in [-0.3, -0.25) is 4.90 Å². The summed E-state index contributed by atoms with van der Waals surface area (Å²) in [5, 5.41) is 0. The van der Waals surface area contributed by atoms with Crippen molar-refractivity contribution in [3.05, 3.63) is 82.7 Å². The normalized spacial score (nSPS) is 14.3. The highest BCUT2D eigenvalue weighted by Crippen LogP contribution is 2.22. The maximum atomic E-state index is 4.81. The van der Waals surface area contributed by atoms with Gasteiger partial charge in [0.1, 0.15) is 0 Å². The Morgan fingerprint density at radius 2 is 1.84 bits per heavy atom. The van der Waals surface area contributed by atoms with Crippen molar-refractivity contribution in [2.24, 2.45) is 0 Å². The fourth-order valence-corrected chi connectivity index (χ4v) is 3.40. The van der Waals surface area contributed by atoms with Gasteiger partial charge in [-0.15, -0.1) is 0 Å². The minimum Gasteiger partial charge on any atom is -0.294 e. The second kappa shape index (κ2) is 6.77. The first-order chi connectivity index (χ1) is 12.2. The first kappa shape index (κ1) is 16.0. The molecule has 0 amide bonds. The summed E-state index contributed by atoms with van der Waals surface area (Å²) in [5.74, 6) is 0.835. The predicted octanol–water partition coefficient (Wildman–Crippen LogP) is 4.32. The molecule has 0 unspecified atom stereocenters. The minimum absolute atomic E-state index is 0.835. The average Bonchev–Trinajstić information content (AvgIpc) is 2.65. The lowest BCUT2D eigenvalue weighted by Crippen LogP contribution is -2.31. The van der Waals surface area contributed by atoms with Crippen molar-refractivity contribution in [1.82, 2.24) is 14.9 Å². The summed E-state index contributed by atoms with van der Waals surface area (Å²) in [7, 11) is 0. The molecule has 0 aliphatic carbocycles. The summed E-state index contributed by atoms with van der Waals surface area (Å²) in [6.45, 7) is 7.31. The van der Waals surface area contributed by atoms with Crippen molar-refractivity contribution in [2.75, 3.05) is 6.54 Å². The van der Waals surface area contributed by atoms with Gasteiger partial charge in [0.05, 0.1) is 5.69 Å². The second-order valence-corrected chi connectivity index (χ2v) is 6.91. The molecule has 4 rings (SSSR count). The smallest absolute Gasteiger partial charge is 0.159 e. The van der Waals surface area contributed by atoms with Crippen LogP contribution in [0.3, 0.4) is 0 Å². The van der Waals surface area contributed by atoms with Crippen LogP contribution in [0.15, 0.2) is 54.7 Å². The second-order valence-electron chi connectivity index (χ2n) is 6.91. The van der Waals surface area contributed by atoms with Crippen LogP contribution in [0, 0.1) is 13.8 Å². The van der Waals surface area contributed by atoms with Crippen LogP contribution in [0.2, 0.25) is 0 Å². The van der Waals surface area contributed by atoms with Gasteiger partial charge in [0.15, 0.2) is 5.82 Å². The Bertz CT molecular complexity index is 887. The van der Waals surface area contributed by atoms with Crippen molar-refractivity contribution in [2.45, 2.75) is 33.4 Å². The van der Waals surface area contributed by atoms with Gasteiger partial charge in [-0.1, -0.05) is 48.5 Å². The Labute approximate surface area is 149 Å². The van der Waals surface area contributed by atoms with Gasteiger partial charge in [0, 0.05) is 43.4 Å². The summed E-state index contributed by atoms with van der Waals surface area (Å²) in [4.78, 5) is 11.9. The van der Waals surface area contributed by atoms with Crippen LogP contribution in [0.4, 0.5) is 0 Å². The molecule has 0 fully saturated rings. The zero-order valence-electron chi connectivity index (χ0n) is 14.9. The maximum Gasteiger partial charge on any atom is 0.159 e. The molecule has 2 heterocycles. The molecule has 1 aliphatic heterocycles. The number of benzene rings is 2. The topological polar surface area (TPSA) is 29.0 Å². The standard InChI is InChI=1S/C22H23N3/c1-16-8-9-18(12-17(16)2)14-25-11-10-21-20(15-25)13-23-22(24-21)19-6-4-3-5-7-19/h3-9,12-13H,10-11,14-15H2,1-2H3. The zero-order chi connectivity index (χ0) is 17.2. The van der Waals surface area contributed by atoms with Gasteiger partial charge in [-0.25, -0.2) is 9.97 Å². The number of nitrogens with zero attached hydrogens (tertiary/aromatic N) is 3. The molecule has 25 heavy (non-hydrogen) atoms. The minimum atomic E-state index is 0.835. The lowest BCUT2D eigenvalue weighted by Gasteiger charge is -2.28. The summed E-state index contributed by atoms with van der Waals surface area (Å²) in [6.07, 6.45) is 3.00. The number of rotatable bonds is 3. The van der Waals surface area contributed by atoms with Crippen LogP contribution < -0.4 is 0 Å². The SMILES string of the molecule is Cc1ccc(CN2CCc3nc(-c4ccccc4)ncc3C2)cc1C. The highest BCUT2D eigenvalue weighted by atomic mass is 15.1. The van der Waals surface area contributed by atoms with E-state index in [1.165, 1.54) is 27.9 Å². The van der Waals surface area contributed by atoms with E-state index in [-0.39, 0.29) is 0 Å². The molecule has 0 saturated heterocycles. The number of fused-ring (bicyclic) bond motifs is 1. The van der Waals surface area contributed by atoms with Gasteiger partial charge < -0.3 is 0 Å². The van der Waals surface area contributed by atoms with Crippen molar-refractivity contribution in [3.63, 3.8) is 0 Å². The monoisotopic (exact) mass is 329 g/mol. The fraction of sp³-hybridized carbons (Fsp3) is 0.273. The van der Waals surface area contributed by atoms with Gasteiger partial charge in [0.25, 0.3) is 0 Å². The lowest BCUT2D eigenvalue weighted by atomic mass is 10.0. The molecule has 0 N–H and O–H groups in total. The molecule has 0 atom stereocenters. The van der Waals surface area contributed by atoms with E-state index in [2.05, 4.69) is 54.1 Å². The molecular formula is C22H23N3. The molecule has 0 saturated carbocycles. The predicted molar refractivity (Wildman–Crippen MR) is 101 cm³/mol. The van der Waals surface area contributed by atoms with Crippen molar-refractivity contribution < 1.29 is 0 Å². The third-order valence-corrected chi connectivity index (χ3v) is 5.02. The summed E-state index contributed by atoms with van der Waals surface area (Å²) in [5.41, 5.74) is 7.65. The van der Waals surface area contributed by atoms with Crippen molar-refractivity contribution >= 4 is 0 Å². The quantitative estimate of drug-likeness (QED) is 0.716. The third kappa shape index (κ3) is 3.47. The molecule has 126 valence electrons. The number of hydrogen-bond acceptors (Lipinski definition) is 3. The number of aryl methyl sites for hydroxylation is 2. The van der Waals surface area contributed by atoms with E-state index in [0.717, 1.165) is 37.4 Å². The Hall–Kier alpha value is -2.52. The fourth-order valence-electron chi connectivity index (χ4n) is 3.40. The van der Waals surface area contributed by atoms with Gasteiger partial charge in [-0.2, -0.15) is 0 Å². The van der Waals surface area contributed by atoms with Gasteiger partial charge >= 0.3 is 0 Å². The molecule has 1 aromatic heterocycles. The van der Waals surface area contributed by atoms with Crippen LogP contribution in [-0.2, 0) is 19.5 Å². The molecule has 3 nitrogen and oxygen atoms in total. The average molecular weight is 329 g/mol. The zero-order valence-corrected chi connectivity index (χ0v) is 14.9. The molecule has 0 bridgehead atoms. The first-order valence-corrected chi connectivity index (χ1v) is 8.88. The van der Waals surface area contributed by atoms with Crippen molar-refractivity contribution in [1.29, 1.82) is 0 Å².